The first-order chi connectivity index (χ1) is 12.6. The fraction of sp³-hybridized carbons (Fsp3) is 0.550. The van der Waals surface area contributed by atoms with Crippen molar-refractivity contribution in [2.24, 2.45) is 0 Å². The van der Waals surface area contributed by atoms with E-state index in [0.29, 0.717) is 32.4 Å². The first-order valence-corrected chi connectivity index (χ1v) is 9.46. The number of anilines is 1. The Morgan fingerprint density at radius 2 is 1.96 bits per heavy atom. The lowest BCUT2D eigenvalue weighted by Crippen LogP contribution is -2.39. The maximum atomic E-state index is 12.2. The van der Waals surface area contributed by atoms with Crippen LogP contribution in [0.1, 0.15) is 50.0 Å². The van der Waals surface area contributed by atoms with E-state index in [9.17, 15) is 14.4 Å². The van der Waals surface area contributed by atoms with Gasteiger partial charge in [0.25, 0.3) is 0 Å². The van der Waals surface area contributed by atoms with Crippen molar-refractivity contribution in [3.8, 4) is 0 Å². The molecule has 3 amide bonds. The molecule has 1 aromatic carbocycles. The number of amides is 3. The molecule has 2 heterocycles. The van der Waals surface area contributed by atoms with Crippen LogP contribution < -0.4 is 10.2 Å². The third-order valence-corrected chi connectivity index (χ3v) is 5.36. The van der Waals surface area contributed by atoms with Crippen molar-refractivity contribution < 1.29 is 14.4 Å². The third kappa shape index (κ3) is 4.23. The molecule has 140 valence electrons. The van der Waals surface area contributed by atoms with Gasteiger partial charge in [0.15, 0.2) is 0 Å². The second-order valence-corrected chi connectivity index (χ2v) is 7.16. The van der Waals surface area contributed by atoms with Crippen LogP contribution in [0.2, 0.25) is 0 Å². The number of hydrogen-bond donors (Lipinski definition) is 1. The van der Waals surface area contributed by atoms with Gasteiger partial charge in [-0.1, -0.05) is 24.6 Å². The van der Waals surface area contributed by atoms with Gasteiger partial charge in [0.2, 0.25) is 17.7 Å². The van der Waals surface area contributed by atoms with Crippen molar-refractivity contribution in [2.75, 3.05) is 31.6 Å². The minimum atomic E-state index is -0.0640. The minimum Gasteiger partial charge on any atom is -0.355 e. The normalized spacial score (nSPS) is 20.6. The summed E-state index contributed by atoms with van der Waals surface area (Å²) in [5.41, 5.74) is 2.01. The first kappa shape index (κ1) is 18.4. The summed E-state index contributed by atoms with van der Waals surface area (Å²) in [7, 11) is 1.79. The monoisotopic (exact) mass is 357 g/mol. The van der Waals surface area contributed by atoms with Crippen molar-refractivity contribution in [1.29, 1.82) is 0 Å². The van der Waals surface area contributed by atoms with Crippen LogP contribution in [-0.2, 0) is 14.4 Å². The van der Waals surface area contributed by atoms with Gasteiger partial charge in [-0.05, 0) is 24.5 Å². The molecule has 1 aromatic rings. The fourth-order valence-electron chi connectivity index (χ4n) is 3.75. The molecule has 0 spiro atoms. The molecule has 3 rings (SSSR count). The van der Waals surface area contributed by atoms with E-state index in [1.54, 1.807) is 16.8 Å². The van der Waals surface area contributed by atoms with Crippen LogP contribution in [0.5, 0.6) is 0 Å². The minimum absolute atomic E-state index is 0.00123. The van der Waals surface area contributed by atoms with E-state index >= 15 is 0 Å². The van der Waals surface area contributed by atoms with E-state index in [0.717, 1.165) is 37.1 Å². The van der Waals surface area contributed by atoms with Crippen molar-refractivity contribution in [2.45, 2.75) is 44.4 Å². The Labute approximate surface area is 154 Å². The molecule has 1 fully saturated rings. The van der Waals surface area contributed by atoms with Gasteiger partial charge in [-0.2, -0.15) is 0 Å². The highest BCUT2D eigenvalue weighted by Gasteiger charge is 2.29. The molecule has 0 aromatic heterocycles. The van der Waals surface area contributed by atoms with Gasteiger partial charge in [-0.15, -0.1) is 0 Å². The van der Waals surface area contributed by atoms with E-state index in [1.165, 1.54) is 0 Å². The highest BCUT2D eigenvalue weighted by atomic mass is 16.2. The van der Waals surface area contributed by atoms with E-state index < -0.39 is 0 Å². The van der Waals surface area contributed by atoms with Crippen molar-refractivity contribution in [3.63, 3.8) is 0 Å². The summed E-state index contributed by atoms with van der Waals surface area (Å²) in [6.07, 6.45) is 4.35. The second kappa shape index (κ2) is 8.34. The molecule has 0 radical (unpaired) electrons. The van der Waals surface area contributed by atoms with Crippen LogP contribution in [0.25, 0.3) is 0 Å². The van der Waals surface area contributed by atoms with E-state index in [4.69, 9.17) is 0 Å². The SMILES string of the molecule is CN1C(=O)CC(CNC(=O)CCN2CCCCCC2=O)c2ccccc21. The molecular formula is C20H27N3O3. The third-order valence-electron chi connectivity index (χ3n) is 5.36. The Morgan fingerprint density at radius 3 is 2.81 bits per heavy atom. The van der Waals surface area contributed by atoms with Crippen LogP contribution in [0.3, 0.4) is 0 Å². The Bertz CT molecular complexity index is 689. The maximum absolute atomic E-state index is 12.2. The fourth-order valence-corrected chi connectivity index (χ4v) is 3.75. The average molecular weight is 357 g/mol. The number of likely N-dealkylation sites (tertiary alicyclic amines) is 1. The number of nitrogens with one attached hydrogen (secondary N) is 1. The zero-order valence-electron chi connectivity index (χ0n) is 15.4. The molecule has 0 saturated carbocycles. The molecule has 1 atom stereocenters. The van der Waals surface area contributed by atoms with Crippen molar-refractivity contribution >= 4 is 23.4 Å². The molecule has 2 aliphatic heterocycles. The summed E-state index contributed by atoms with van der Waals surface area (Å²) in [4.78, 5) is 39.9. The summed E-state index contributed by atoms with van der Waals surface area (Å²) in [5.74, 6) is 0.160. The van der Waals surface area contributed by atoms with Crippen molar-refractivity contribution in [1.82, 2.24) is 10.2 Å². The number of hydrogen-bond acceptors (Lipinski definition) is 3. The van der Waals surface area contributed by atoms with Gasteiger partial charge < -0.3 is 15.1 Å². The van der Waals surface area contributed by atoms with Gasteiger partial charge in [-0.3, -0.25) is 14.4 Å². The van der Waals surface area contributed by atoms with Gasteiger partial charge in [0.1, 0.15) is 0 Å². The summed E-state index contributed by atoms with van der Waals surface area (Å²) in [5, 5.41) is 2.95. The molecule has 1 N–H and O–H groups in total. The predicted octanol–water partition coefficient (Wildman–Crippen LogP) is 2.05. The maximum Gasteiger partial charge on any atom is 0.227 e. The molecule has 6 nitrogen and oxygen atoms in total. The summed E-state index contributed by atoms with van der Waals surface area (Å²) in [6.45, 7) is 1.68. The van der Waals surface area contributed by atoms with Gasteiger partial charge in [-0.25, -0.2) is 0 Å². The average Bonchev–Trinajstić information content (AvgIpc) is 2.86. The largest absolute Gasteiger partial charge is 0.355 e. The van der Waals surface area contributed by atoms with E-state index in [1.807, 2.05) is 24.3 Å². The number of fused-ring (bicyclic) bond motifs is 1. The van der Waals surface area contributed by atoms with Gasteiger partial charge in [0.05, 0.1) is 0 Å². The Hall–Kier alpha value is -2.37. The quantitative estimate of drug-likeness (QED) is 0.877. The molecule has 1 unspecified atom stereocenters. The molecule has 1 saturated heterocycles. The van der Waals surface area contributed by atoms with Gasteiger partial charge >= 0.3 is 0 Å². The smallest absolute Gasteiger partial charge is 0.227 e. The number of carbonyl (C=O) groups is 3. The predicted molar refractivity (Wildman–Crippen MR) is 99.9 cm³/mol. The molecule has 2 aliphatic rings. The van der Waals surface area contributed by atoms with E-state index in [2.05, 4.69) is 5.32 Å². The Balaban J connectivity index is 1.52. The zero-order valence-corrected chi connectivity index (χ0v) is 15.4. The number of rotatable bonds is 5. The van der Waals surface area contributed by atoms with Gasteiger partial charge in [0, 0.05) is 57.5 Å². The second-order valence-electron chi connectivity index (χ2n) is 7.16. The highest BCUT2D eigenvalue weighted by molar-refractivity contribution is 5.96. The van der Waals surface area contributed by atoms with Crippen molar-refractivity contribution in [3.05, 3.63) is 29.8 Å². The highest BCUT2D eigenvalue weighted by Crippen LogP contribution is 2.34. The first-order valence-electron chi connectivity index (χ1n) is 9.46. The van der Waals surface area contributed by atoms with Crippen LogP contribution in [0.15, 0.2) is 24.3 Å². The molecular weight excluding hydrogens is 330 g/mol. The van der Waals surface area contributed by atoms with Crippen LogP contribution >= 0.6 is 0 Å². The molecule has 0 bridgehead atoms. The summed E-state index contributed by atoms with van der Waals surface area (Å²) in [6, 6.07) is 7.83. The molecule has 6 heteroatoms. The Kier molecular flexibility index (Phi) is 5.91. The Morgan fingerprint density at radius 1 is 1.15 bits per heavy atom. The molecule has 0 aliphatic carbocycles. The number of para-hydroxylation sites is 1. The summed E-state index contributed by atoms with van der Waals surface area (Å²) < 4.78 is 0. The number of nitrogens with zero attached hydrogens (tertiary/aromatic N) is 2. The van der Waals surface area contributed by atoms with Crippen LogP contribution in [-0.4, -0.2) is 49.3 Å². The lowest BCUT2D eigenvalue weighted by molar-refractivity contribution is -0.131. The lowest BCUT2D eigenvalue weighted by atomic mass is 9.89. The topological polar surface area (TPSA) is 69.7 Å². The lowest BCUT2D eigenvalue weighted by Gasteiger charge is -2.31. The zero-order chi connectivity index (χ0) is 18.5. The molecule has 26 heavy (non-hydrogen) atoms. The van der Waals surface area contributed by atoms with Crippen LogP contribution in [0.4, 0.5) is 5.69 Å². The standard InChI is InChI=1S/C20H27N3O3/c1-22-17-8-5-4-7-16(17)15(13-20(22)26)14-21-18(24)10-12-23-11-6-2-3-9-19(23)25/h4-5,7-8,15H,2-3,6,9-14H2,1H3,(H,21,24). The van der Waals surface area contributed by atoms with E-state index in [-0.39, 0.29) is 23.6 Å². The number of benzene rings is 1. The summed E-state index contributed by atoms with van der Waals surface area (Å²) >= 11 is 0. The number of carbonyl (C=O) groups excluding carboxylic acids is 3. The van der Waals surface area contributed by atoms with Crippen LogP contribution in [0, 0.1) is 0 Å².